The molecule has 1 aliphatic rings. The lowest BCUT2D eigenvalue weighted by atomic mass is 9.95. The summed E-state index contributed by atoms with van der Waals surface area (Å²) in [7, 11) is -2.81. The second-order valence-electron chi connectivity index (χ2n) is 4.67. The van der Waals surface area contributed by atoms with Gasteiger partial charge in [-0.2, -0.15) is 0 Å². The topological polar surface area (TPSA) is 60.2 Å². The first-order valence-electron chi connectivity index (χ1n) is 5.68. The first-order chi connectivity index (χ1) is 7.96. The SMILES string of the molecule is NC(CC1CCS(=O)(=O)C1)c1cccc(Cl)c1. The zero-order valence-electron chi connectivity index (χ0n) is 9.47. The molecule has 2 atom stereocenters. The van der Waals surface area contributed by atoms with E-state index in [0.717, 1.165) is 12.0 Å². The molecule has 0 saturated carbocycles. The summed E-state index contributed by atoms with van der Waals surface area (Å²) in [6.07, 6.45) is 1.44. The van der Waals surface area contributed by atoms with Gasteiger partial charge in [-0.15, -0.1) is 0 Å². The van der Waals surface area contributed by atoms with Crippen LogP contribution >= 0.6 is 11.6 Å². The van der Waals surface area contributed by atoms with Gasteiger partial charge in [0.2, 0.25) is 0 Å². The molecule has 2 rings (SSSR count). The van der Waals surface area contributed by atoms with E-state index in [-0.39, 0.29) is 17.7 Å². The Bertz CT molecular complexity index is 501. The fourth-order valence-corrected chi connectivity index (χ4v) is 4.37. The number of sulfone groups is 1. The Balaban J connectivity index is 2.00. The molecule has 0 amide bonds. The van der Waals surface area contributed by atoms with Crippen molar-refractivity contribution in [3.63, 3.8) is 0 Å². The van der Waals surface area contributed by atoms with Gasteiger partial charge in [0.1, 0.15) is 0 Å². The summed E-state index contributed by atoms with van der Waals surface area (Å²) in [5, 5.41) is 0.664. The maximum atomic E-state index is 11.4. The molecule has 1 aromatic carbocycles. The third kappa shape index (κ3) is 3.44. The minimum atomic E-state index is -2.81. The number of rotatable bonds is 3. The molecule has 1 fully saturated rings. The van der Waals surface area contributed by atoms with E-state index in [1.54, 1.807) is 6.07 Å². The van der Waals surface area contributed by atoms with Crippen LogP contribution in [0.1, 0.15) is 24.4 Å². The van der Waals surface area contributed by atoms with Crippen molar-refractivity contribution in [3.05, 3.63) is 34.9 Å². The fraction of sp³-hybridized carbons (Fsp3) is 0.500. The van der Waals surface area contributed by atoms with E-state index in [9.17, 15) is 8.42 Å². The Labute approximate surface area is 107 Å². The highest BCUT2D eigenvalue weighted by Gasteiger charge is 2.29. The van der Waals surface area contributed by atoms with Crippen molar-refractivity contribution in [2.45, 2.75) is 18.9 Å². The van der Waals surface area contributed by atoms with Gasteiger partial charge >= 0.3 is 0 Å². The molecule has 94 valence electrons. The van der Waals surface area contributed by atoms with Gasteiger partial charge in [-0.25, -0.2) is 8.42 Å². The first-order valence-corrected chi connectivity index (χ1v) is 7.88. The minimum Gasteiger partial charge on any atom is -0.324 e. The van der Waals surface area contributed by atoms with Crippen LogP contribution in [0.5, 0.6) is 0 Å². The average Bonchev–Trinajstić information content (AvgIpc) is 2.58. The third-order valence-corrected chi connectivity index (χ3v) is 5.26. The van der Waals surface area contributed by atoms with Gasteiger partial charge in [0.25, 0.3) is 0 Å². The van der Waals surface area contributed by atoms with Crippen molar-refractivity contribution in [3.8, 4) is 0 Å². The van der Waals surface area contributed by atoms with Crippen molar-refractivity contribution in [1.82, 2.24) is 0 Å². The zero-order chi connectivity index (χ0) is 12.5. The van der Waals surface area contributed by atoms with Crippen LogP contribution in [0.3, 0.4) is 0 Å². The van der Waals surface area contributed by atoms with Crippen molar-refractivity contribution in [1.29, 1.82) is 0 Å². The molecule has 0 aliphatic carbocycles. The van der Waals surface area contributed by atoms with Crippen LogP contribution in [-0.4, -0.2) is 19.9 Å². The van der Waals surface area contributed by atoms with E-state index in [2.05, 4.69) is 0 Å². The van der Waals surface area contributed by atoms with E-state index in [4.69, 9.17) is 17.3 Å². The van der Waals surface area contributed by atoms with Crippen molar-refractivity contribution in [2.75, 3.05) is 11.5 Å². The van der Waals surface area contributed by atoms with Crippen LogP contribution in [0.15, 0.2) is 24.3 Å². The van der Waals surface area contributed by atoms with Gasteiger partial charge in [0, 0.05) is 11.1 Å². The zero-order valence-corrected chi connectivity index (χ0v) is 11.0. The lowest BCUT2D eigenvalue weighted by Gasteiger charge is -2.16. The Hall–Kier alpha value is -0.580. The predicted octanol–water partition coefficient (Wildman–Crippen LogP) is 2.16. The molecule has 1 saturated heterocycles. The molecule has 0 radical (unpaired) electrons. The molecule has 3 nitrogen and oxygen atoms in total. The van der Waals surface area contributed by atoms with Crippen molar-refractivity contribution in [2.24, 2.45) is 11.7 Å². The molecule has 5 heteroatoms. The number of benzene rings is 1. The molecule has 1 heterocycles. The third-order valence-electron chi connectivity index (χ3n) is 3.19. The molecule has 0 spiro atoms. The largest absolute Gasteiger partial charge is 0.324 e. The maximum absolute atomic E-state index is 11.4. The van der Waals surface area contributed by atoms with Crippen LogP contribution in [0, 0.1) is 5.92 Å². The van der Waals surface area contributed by atoms with Gasteiger partial charge in [-0.1, -0.05) is 23.7 Å². The Morgan fingerprint density at radius 1 is 1.47 bits per heavy atom. The molecular formula is C12H16ClNO2S. The smallest absolute Gasteiger partial charge is 0.150 e. The summed E-state index contributed by atoms with van der Waals surface area (Å²) in [5.74, 6) is 0.773. The van der Waals surface area contributed by atoms with Crippen molar-refractivity contribution < 1.29 is 8.42 Å². The Morgan fingerprint density at radius 2 is 2.24 bits per heavy atom. The number of hydrogen-bond acceptors (Lipinski definition) is 3. The summed E-state index contributed by atoms with van der Waals surface area (Å²) in [5.41, 5.74) is 7.05. The normalized spacial score (nSPS) is 24.7. The summed E-state index contributed by atoms with van der Waals surface area (Å²) < 4.78 is 22.7. The monoisotopic (exact) mass is 273 g/mol. The van der Waals surface area contributed by atoms with E-state index in [1.807, 2.05) is 18.2 Å². The van der Waals surface area contributed by atoms with Gasteiger partial charge in [-0.3, -0.25) is 0 Å². The standard InChI is InChI=1S/C12H16ClNO2S/c13-11-3-1-2-10(7-11)12(14)6-9-4-5-17(15,16)8-9/h1-3,7,9,12H,4-6,8,14H2. The van der Waals surface area contributed by atoms with Gasteiger partial charge in [-0.05, 0) is 36.5 Å². The van der Waals surface area contributed by atoms with E-state index in [0.29, 0.717) is 17.2 Å². The number of hydrogen-bond donors (Lipinski definition) is 1. The highest BCUT2D eigenvalue weighted by atomic mass is 35.5. The lowest BCUT2D eigenvalue weighted by molar-refractivity contribution is 0.481. The molecule has 0 bridgehead atoms. The first kappa shape index (κ1) is 12.9. The van der Waals surface area contributed by atoms with Crippen LogP contribution in [0.25, 0.3) is 0 Å². The highest BCUT2D eigenvalue weighted by Crippen LogP contribution is 2.28. The van der Waals surface area contributed by atoms with Gasteiger partial charge < -0.3 is 5.73 Å². The second kappa shape index (κ2) is 4.96. The Morgan fingerprint density at radius 3 is 2.82 bits per heavy atom. The van der Waals surface area contributed by atoms with Gasteiger partial charge in [0.15, 0.2) is 9.84 Å². The van der Waals surface area contributed by atoms with Crippen LogP contribution in [-0.2, 0) is 9.84 Å². The number of nitrogens with two attached hydrogens (primary N) is 1. The fourth-order valence-electron chi connectivity index (χ4n) is 2.29. The quantitative estimate of drug-likeness (QED) is 0.918. The molecule has 2 unspecified atom stereocenters. The van der Waals surface area contributed by atoms with Crippen LogP contribution in [0.4, 0.5) is 0 Å². The lowest BCUT2D eigenvalue weighted by Crippen LogP contribution is -2.16. The number of halogens is 1. The van der Waals surface area contributed by atoms with Crippen molar-refractivity contribution >= 4 is 21.4 Å². The van der Waals surface area contributed by atoms with Gasteiger partial charge in [0.05, 0.1) is 11.5 Å². The van der Waals surface area contributed by atoms with Crippen LogP contribution < -0.4 is 5.73 Å². The Kier molecular flexibility index (Phi) is 3.76. The van der Waals surface area contributed by atoms with Crippen LogP contribution in [0.2, 0.25) is 5.02 Å². The molecule has 1 aromatic rings. The summed E-state index contributed by atoms with van der Waals surface area (Å²) in [4.78, 5) is 0. The molecular weight excluding hydrogens is 258 g/mol. The van der Waals surface area contributed by atoms with E-state index >= 15 is 0 Å². The summed E-state index contributed by atoms with van der Waals surface area (Å²) in [6, 6.07) is 7.31. The minimum absolute atomic E-state index is 0.132. The molecule has 0 aromatic heterocycles. The highest BCUT2D eigenvalue weighted by molar-refractivity contribution is 7.91. The molecule has 2 N–H and O–H groups in total. The molecule has 17 heavy (non-hydrogen) atoms. The average molecular weight is 274 g/mol. The molecule has 1 aliphatic heterocycles. The predicted molar refractivity (Wildman–Crippen MR) is 69.8 cm³/mol. The van der Waals surface area contributed by atoms with E-state index < -0.39 is 9.84 Å². The maximum Gasteiger partial charge on any atom is 0.150 e. The van der Waals surface area contributed by atoms with E-state index in [1.165, 1.54) is 0 Å². The second-order valence-corrected chi connectivity index (χ2v) is 7.33. The summed E-state index contributed by atoms with van der Waals surface area (Å²) >= 11 is 5.90. The summed E-state index contributed by atoms with van der Waals surface area (Å²) in [6.45, 7) is 0.